The van der Waals surface area contributed by atoms with E-state index in [1.165, 1.54) is 31.4 Å². The van der Waals surface area contributed by atoms with Crippen molar-refractivity contribution in [3.63, 3.8) is 0 Å². The summed E-state index contributed by atoms with van der Waals surface area (Å²) in [6.45, 7) is 1.76. The Kier molecular flexibility index (Phi) is 7.17. The van der Waals surface area contributed by atoms with E-state index in [4.69, 9.17) is 4.74 Å². The number of carbonyl (C=O) groups is 1. The maximum absolute atomic E-state index is 11.2. The second-order valence-electron chi connectivity index (χ2n) is 4.58. The molecule has 114 valence electrons. The summed E-state index contributed by atoms with van der Waals surface area (Å²) in [6.07, 6.45) is 0. The van der Waals surface area contributed by atoms with Crippen molar-refractivity contribution >= 4 is 23.0 Å². The van der Waals surface area contributed by atoms with Gasteiger partial charge >= 0.3 is 51.4 Å². The van der Waals surface area contributed by atoms with Crippen molar-refractivity contribution in [1.29, 1.82) is 0 Å². The number of hydrogen-bond donors (Lipinski definition) is 1. The number of nitrogens with one attached hydrogen (secondary N) is 1. The molecule has 0 saturated carbocycles. The van der Waals surface area contributed by atoms with Crippen molar-refractivity contribution < 1.29 is 70.9 Å². The molecule has 0 aliphatic carbocycles. The van der Waals surface area contributed by atoms with Gasteiger partial charge in [-0.25, -0.2) is 0 Å². The van der Waals surface area contributed by atoms with Crippen LogP contribution in [0, 0.1) is 17.0 Å². The third-order valence-corrected chi connectivity index (χ3v) is 3.15. The van der Waals surface area contributed by atoms with Crippen LogP contribution in [0.3, 0.4) is 0 Å². The smallest absolute Gasteiger partial charge is 0.545 e. The van der Waals surface area contributed by atoms with E-state index >= 15 is 0 Å². The average molecular weight is 340 g/mol. The van der Waals surface area contributed by atoms with Crippen LogP contribution in [0.2, 0.25) is 0 Å². The Morgan fingerprint density at radius 2 is 1.87 bits per heavy atom. The molecule has 0 aliphatic heterocycles. The number of ether oxygens (including phenoxy) is 1. The number of carbonyl (C=O) groups excluding carboxylic acids is 1. The molecule has 0 saturated heterocycles. The van der Waals surface area contributed by atoms with E-state index in [-0.39, 0.29) is 68.3 Å². The zero-order valence-electron chi connectivity index (χ0n) is 13.0. The van der Waals surface area contributed by atoms with Crippen molar-refractivity contribution in [3.8, 4) is 5.75 Å². The molecule has 0 bridgehead atoms. The number of nitro groups is 1. The summed E-state index contributed by atoms with van der Waals surface area (Å²) in [5, 5.41) is 24.9. The zero-order chi connectivity index (χ0) is 16.3. The van der Waals surface area contributed by atoms with E-state index in [1.807, 2.05) is 0 Å². The molecule has 0 spiro atoms. The Morgan fingerprint density at radius 3 is 2.43 bits per heavy atom. The third-order valence-electron chi connectivity index (χ3n) is 3.15. The van der Waals surface area contributed by atoms with Gasteiger partial charge in [0.2, 0.25) is 0 Å². The molecule has 0 aliphatic rings. The molecule has 1 N–H and O–H groups in total. The fourth-order valence-corrected chi connectivity index (χ4v) is 1.93. The van der Waals surface area contributed by atoms with Crippen LogP contribution in [-0.2, 0) is 0 Å². The SMILES string of the molecule is COc1ccc(Nc2cc([N+](=O)[O-])ccc2C)c(C(=O)[O-])c1.[K+]. The van der Waals surface area contributed by atoms with Gasteiger partial charge in [-0.1, -0.05) is 6.07 Å². The maximum atomic E-state index is 11.2. The summed E-state index contributed by atoms with van der Waals surface area (Å²) in [6, 6.07) is 8.74. The van der Waals surface area contributed by atoms with E-state index in [0.717, 1.165) is 5.56 Å². The molecule has 23 heavy (non-hydrogen) atoms. The van der Waals surface area contributed by atoms with Gasteiger partial charge in [-0.05, 0) is 30.7 Å². The molecule has 2 rings (SSSR count). The second-order valence-corrected chi connectivity index (χ2v) is 4.58. The standard InChI is InChI=1S/C15H14N2O5.K/c1-9-3-4-10(17(20)21)7-14(9)16-13-6-5-11(22-2)8-12(13)15(18)19;/h3-8,16H,1-2H3,(H,18,19);/q;+1/p-1. The minimum atomic E-state index is -1.37. The summed E-state index contributed by atoms with van der Waals surface area (Å²) in [5.74, 6) is -0.995. The monoisotopic (exact) mass is 340 g/mol. The normalized spacial score (nSPS) is 9.65. The quantitative estimate of drug-likeness (QED) is 0.426. The topological polar surface area (TPSA) is 105 Å². The van der Waals surface area contributed by atoms with Crippen molar-refractivity contribution in [3.05, 3.63) is 57.6 Å². The number of aromatic carboxylic acids is 1. The van der Waals surface area contributed by atoms with Gasteiger partial charge in [-0.3, -0.25) is 10.1 Å². The average Bonchev–Trinajstić information content (AvgIpc) is 2.49. The molecular formula is C15H13KN2O5. The van der Waals surface area contributed by atoms with Crippen LogP contribution < -0.4 is 66.5 Å². The number of benzene rings is 2. The Bertz CT molecular complexity index is 749. The van der Waals surface area contributed by atoms with Crippen molar-refractivity contribution in [2.75, 3.05) is 12.4 Å². The van der Waals surface area contributed by atoms with Gasteiger partial charge in [0.05, 0.1) is 18.0 Å². The largest absolute Gasteiger partial charge is 1.00 e. The van der Waals surface area contributed by atoms with Gasteiger partial charge in [-0.2, -0.15) is 0 Å². The number of carboxylic acid groups (broad SMARTS) is 1. The van der Waals surface area contributed by atoms with Gasteiger partial charge in [0.25, 0.3) is 5.69 Å². The minimum absolute atomic E-state index is 0. The number of aryl methyl sites for hydroxylation is 1. The molecule has 0 radical (unpaired) electrons. The van der Waals surface area contributed by atoms with Crippen LogP contribution in [0.25, 0.3) is 0 Å². The van der Waals surface area contributed by atoms with E-state index < -0.39 is 10.9 Å². The number of carboxylic acids is 1. The summed E-state index contributed by atoms with van der Waals surface area (Å²) in [4.78, 5) is 21.5. The number of anilines is 2. The predicted octanol–water partition coefficient (Wildman–Crippen LogP) is -0.977. The van der Waals surface area contributed by atoms with Crippen LogP contribution in [0.15, 0.2) is 36.4 Å². The van der Waals surface area contributed by atoms with Crippen LogP contribution in [-0.4, -0.2) is 18.0 Å². The van der Waals surface area contributed by atoms with Gasteiger partial charge in [0.1, 0.15) is 5.75 Å². The molecular weight excluding hydrogens is 327 g/mol. The van der Waals surface area contributed by atoms with Crippen LogP contribution in [0.1, 0.15) is 15.9 Å². The Balaban J connectivity index is 0.00000264. The molecule has 0 atom stereocenters. The number of methoxy groups -OCH3 is 1. The fourth-order valence-electron chi connectivity index (χ4n) is 1.93. The predicted molar refractivity (Wildman–Crippen MR) is 78.4 cm³/mol. The summed E-state index contributed by atoms with van der Waals surface area (Å²) in [5.41, 5.74) is 1.28. The molecule has 0 amide bonds. The molecule has 2 aromatic carbocycles. The van der Waals surface area contributed by atoms with E-state index in [2.05, 4.69) is 5.32 Å². The van der Waals surface area contributed by atoms with Gasteiger partial charge in [0, 0.05) is 29.1 Å². The molecule has 0 heterocycles. The summed E-state index contributed by atoms with van der Waals surface area (Å²) < 4.78 is 4.98. The van der Waals surface area contributed by atoms with Gasteiger partial charge < -0.3 is 20.0 Å². The van der Waals surface area contributed by atoms with Crippen LogP contribution in [0.4, 0.5) is 17.1 Å². The Morgan fingerprint density at radius 1 is 1.17 bits per heavy atom. The van der Waals surface area contributed by atoms with Crippen LogP contribution in [0.5, 0.6) is 5.75 Å². The molecule has 8 heteroatoms. The van der Waals surface area contributed by atoms with E-state index in [1.54, 1.807) is 19.1 Å². The number of nitro benzene ring substituents is 1. The van der Waals surface area contributed by atoms with Gasteiger partial charge in [0.15, 0.2) is 0 Å². The van der Waals surface area contributed by atoms with E-state index in [0.29, 0.717) is 11.4 Å². The van der Waals surface area contributed by atoms with Crippen molar-refractivity contribution in [1.82, 2.24) is 0 Å². The molecule has 0 unspecified atom stereocenters. The second kappa shape index (κ2) is 8.41. The molecule has 7 nitrogen and oxygen atoms in total. The minimum Gasteiger partial charge on any atom is -0.545 e. The first-order chi connectivity index (χ1) is 10.4. The molecule has 0 aromatic heterocycles. The Labute approximate surface area is 175 Å². The number of rotatable bonds is 5. The first kappa shape index (κ1) is 19.6. The first-order valence-electron chi connectivity index (χ1n) is 6.34. The van der Waals surface area contributed by atoms with Crippen molar-refractivity contribution in [2.45, 2.75) is 6.92 Å². The zero-order valence-corrected chi connectivity index (χ0v) is 16.1. The summed E-state index contributed by atoms with van der Waals surface area (Å²) in [7, 11) is 1.42. The fraction of sp³-hybridized carbons (Fsp3) is 0.133. The van der Waals surface area contributed by atoms with Crippen molar-refractivity contribution in [2.24, 2.45) is 0 Å². The molecule has 0 fully saturated rings. The number of hydrogen-bond acceptors (Lipinski definition) is 6. The number of nitrogens with zero attached hydrogens (tertiary/aromatic N) is 1. The third kappa shape index (κ3) is 4.76. The van der Waals surface area contributed by atoms with E-state index in [9.17, 15) is 20.0 Å². The number of non-ortho nitro benzene ring substituents is 1. The Hall–Kier alpha value is -1.45. The van der Waals surface area contributed by atoms with Crippen LogP contribution >= 0.6 is 0 Å². The maximum Gasteiger partial charge on any atom is 1.00 e. The molecule has 2 aromatic rings. The first-order valence-corrected chi connectivity index (χ1v) is 6.34. The van der Waals surface area contributed by atoms with Gasteiger partial charge in [-0.15, -0.1) is 0 Å². The summed E-state index contributed by atoms with van der Waals surface area (Å²) >= 11 is 0.